The van der Waals surface area contributed by atoms with E-state index in [-0.39, 0.29) is 5.54 Å². The van der Waals surface area contributed by atoms with Crippen LogP contribution in [0.5, 0.6) is 0 Å². The molecule has 0 amide bonds. The predicted octanol–water partition coefficient (Wildman–Crippen LogP) is 2.59. The van der Waals surface area contributed by atoms with E-state index in [0.29, 0.717) is 0 Å². The number of rotatable bonds is 4. The monoisotopic (exact) mass is 231 g/mol. The number of para-hydroxylation sites is 1. The Balaban J connectivity index is 2.36. The molecule has 0 saturated carbocycles. The summed E-state index contributed by atoms with van der Waals surface area (Å²) in [5, 5.41) is 8.09. The largest absolute Gasteiger partial charge is 0.377 e. The van der Waals surface area contributed by atoms with Crippen LogP contribution in [0.4, 0.5) is 5.69 Å². The Hall–Kier alpha value is -1.48. The fourth-order valence-electron chi connectivity index (χ4n) is 2.29. The van der Waals surface area contributed by atoms with Crippen molar-refractivity contribution in [3.8, 4) is 0 Å². The molecule has 0 aliphatic carbocycles. The minimum Gasteiger partial charge on any atom is -0.377 e. The van der Waals surface area contributed by atoms with Gasteiger partial charge in [0.15, 0.2) is 0 Å². The van der Waals surface area contributed by atoms with Crippen molar-refractivity contribution in [1.29, 1.82) is 0 Å². The topological polar surface area (TPSA) is 29.0 Å². The molecule has 0 bridgehead atoms. The van der Waals surface area contributed by atoms with E-state index in [0.717, 1.165) is 6.54 Å². The Labute approximate surface area is 103 Å². The summed E-state index contributed by atoms with van der Waals surface area (Å²) in [5.41, 5.74) is 2.50. The van der Waals surface area contributed by atoms with E-state index >= 15 is 0 Å². The lowest BCUT2D eigenvalue weighted by Gasteiger charge is -2.26. The van der Waals surface area contributed by atoms with Gasteiger partial charge in [-0.15, -0.1) is 0 Å². The summed E-state index contributed by atoms with van der Waals surface area (Å²) in [6.07, 6.45) is 2.15. The van der Waals surface area contributed by atoms with Crippen molar-refractivity contribution in [3.63, 3.8) is 0 Å². The van der Waals surface area contributed by atoms with Crippen molar-refractivity contribution < 1.29 is 0 Å². The number of hydrogen-bond donors (Lipinski definition) is 2. The van der Waals surface area contributed by atoms with Crippen molar-refractivity contribution >= 4 is 16.6 Å². The summed E-state index contributed by atoms with van der Waals surface area (Å²) in [6, 6.07) is 8.46. The molecule has 0 saturated heterocycles. The second-order valence-corrected chi connectivity index (χ2v) is 5.21. The summed E-state index contributed by atoms with van der Waals surface area (Å²) < 4.78 is 2.16. The molecular formula is C14H21N3. The highest BCUT2D eigenvalue weighted by atomic mass is 15.0. The molecule has 0 spiro atoms. The molecule has 0 aliphatic heterocycles. The maximum atomic E-state index is 3.60. The minimum absolute atomic E-state index is 0.0406. The molecule has 3 nitrogen and oxygen atoms in total. The molecule has 17 heavy (non-hydrogen) atoms. The van der Waals surface area contributed by atoms with Gasteiger partial charge in [-0.1, -0.05) is 18.2 Å². The lowest BCUT2D eigenvalue weighted by molar-refractivity contribution is 0.531. The molecule has 2 aromatic rings. The lowest BCUT2D eigenvalue weighted by atomic mass is 10.1. The van der Waals surface area contributed by atoms with Crippen molar-refractivity contribution in [2.45, 2.75) is 19.4 Å². The molecule has 2 rings (SSSR count). The van der Waals surface area contributed by atoms with E-state index in [1.165, 1.54) is 16.6 Å². The van der Waals surface area contributed by atoms with Crippen LogP contribution in [0.1, 0.15) is 13.8 Å². The molecule has 1 aromatic heterocycles. The van der Waals surface area contributed by atoms with Crippen LogP contribution in [-0.2, 0) is 7.05 Å². The van der Waals surface area contributed by atoms with Gasteiger partial charge in [0.05, 0.1) is 5.69 Å². The first-order chi connectivity index (χ1) is 8.03. The van der Waals surface area contributed by atoms with Crippen LogP contribution in [0, 0.1) is 0 Å². The van der Waals surface area contributed by atoms with Crippen LogP contribution < -0.4 is 10.6 Å². The van der Waals surface area contributed by atoms with Gasteiger partial charge in [-0.2, -0.15) is 0 Å². The van der Waals surface area contributed by atoms with E-state index in [9.17, 15) is 0 Å². The lowest BCUT2D eigenvalue weighted by Crippen LogP contribution is -2.40. The molecule has 0 aliphatic rings. The van der Waals surface area contributed by atoms with Crippen molar-refractivity contribution in [2.75, 3.05) is 18.9 Å². The Morgan fingerprint density at radius 3 is 2.65 bits per heavy atom. The van der Waals surface area contributed by atoms with Gasteiger partial charge < -0.3 is 15.2 Å². The van der Waals surface area contributed by atoms with Gasteiger partial charge in [0.2, 0.25) is 0 Å². The van der Waals surface area contributed by atoms with Crippen LogP contribution in [0.2, 0.25) is 0 Å². The average Bonchev–Trinajstić information content (AvgIpc) is 2.56. The normalized spacial score (nSPS) is 12.0. The third-order valence-electron chi connectivity index (χ3n) is 2.99. The number of likely N-dealkylation sites (N-methyl/N-ethyl adjacent to an activating group) is 1. The summed E-state index contributed by atoms with van der Waals surface area (Å²) in [7, 11) is 4.06. The number of fused-ring (bicyclic) bond motifs is 1. The molecule has 3 heteroatoms. The highest BCUT2D eigenvalue weighted by molar-refractivity contribution is 5.93. The average molecular weight is 231 g/mol. The standard InChI is InChI=1S/C14H21N3/c1-14(2,10-15-3)16-12-9-17(4)13-8-6-5-7-11(12)13/h5-9,15-16H,10H2,1-4H3. The first kappa shape index (κ1) is 12.0. The summed E-state index contributed by atoms with van der Waals surface area (Å²) in [5.74, 6) is 0. The zero-order valence-corrected chi connectivity index (χ0v) is 11.0. The van der Waals surface area contributed by atoms with Gasteiger partial charge in [-0.05, 0) is 27.0 Å². The van der Waals surface area contributed by atoms with Gasteiger partial charge >= 0.3 is 0 Å². The molecule has 1 heterocycles. The minimum atomic E-state index is 0.0406. The van der Waals surface area contributed by atoms with E-state index in [1.807, 2.05) is 7.05 Å². The van der Waals surface area contributed by atoms with Gasteiger partial charge in [0, 0.05) is 36.2 Å². The number of aromatic nitrogens is 1. The van der Waals surface area contributed by atoms with Gasteiger partial charge in [-0.25, -0.2) is 0 Å². The van der Waals surface area contributed by atoms with Gasteiger partial charge in [-0.3, -0.25) is 0 Å². The maximum absolute atomic E-state index is 3.60. The highest BCUT2D eigenvalue weighted by Gasteiger charge is 2.18. The van der Waals surface area contributed by atoms with Gasteiger partial charge in [0.25, 0.3) is 0 Å². The highest BCUT2D eigenvalue weighted by Crippen LogP contribution is 2.27. The van der Waals surface area contributed by atoms with Crippen LogP contribution in [0.15, 0.2) is 30.5 Å². The van der Waals surface area contributed by atoms with E-state index < -0.39 is 0 Å². The molecule has 1 aromatic carbocycles. The third-order valence-corrected chi connectivity index (χ3v) is 2.99. The number of nitrogens with zero attached hydrogens (tertiary/aromatic N) is 1. The molecular weight excluding hydrogens is 210 g/mol. The summed E-state index contributed by atoms with van der Waals surface area (Å²) in [6.45, 7) is 5.33. The van der Waals surface area contributed by atoms with E-state index in [1.54, 1.807) is 0 Å². The number of benzene rings is 1. The Bertz CT molecular complexity index is 511. The van der Waals surface area contributed by atoms with E-state index in [4.69, 9.17) is 0 Å². The van der Waals surface area contributed by atoms with Gasteiger partial charge in [0.1, 0.15) is 0 Å². The van der Waals surface area contributed by atoms with Crippen LogP contribution >= 0.6 is 0 Å². The van der Waals surface area contributed by atoms with Crippen molar-refractivity contribution in [1.82, 2.24) is 9.88 Å². The first-order valence-corrected chi connectivity index (χ1v) is 6.00. The fraction of sp³-hybridized carbons (Fsp3) is 0.429. The summed E-state index contributed by atoms with van der Waals surface area (Å²) >= 11 is 0. The van der Waals surface area contributed by atoms with Crippen LogP contribution in [0.25, 0.3) is 10.9 Å². The van der Waals surface area contributed by atoms with Crippen molar-refractivity contribution in [3.05, 3.63) is 30.5 Å². The van der Waals surface area contributed by atoms with E-state index in [2.05, 4.69) is 66.6 Å². The fourth-order valence-corrected chi connectivity index (χ4v) is 2.29. The smallest absolute Gasteiger partial charge is 0.0604 e. The number of hydrogen-bond acceptors (Lipinski definition) is 2. The molecule has 0 radical (unpaired) electrons. The second kappa shape index (κ2) is 4.41. The number of anilines is 1. The van der Waals surface area contributed by atoms with Crippen LogP contribution in [0.3, 0.4) is 0 Å². The Morgan fingerprint density at radius 1 is 1.24 bits per heavy atom. The summed E-state index contributed by atoms with van der Waals surface area (Å²) in [4.78, 5) is 0. The molecule has 2 N–H and O–H groups in total. The second-order valence-electron chi connectivity index (χ2n) is 5.21. The zero-order chi connectivity index (χ0) is 12.5. The molecule has 0 atom stereocenters. The Kier molecular flexibility index (Phi) is 3.11. The van der Waals surface area contributed by atoms with Crippen molar-refractivity contribution in [2.24, 2.45) is 7.05 Å². The predicted molar refractivity (Wildman–Crippen MR) is 74.5 cm³/mol. The molecule has 92 valence electrons. The quantitative estimate of drug-likeness (QED) is 0.847. The molecule has 0 unspecified atom stereocenters. The first-order valence-electron chi connectivity index (χ1n) is 6.00. The molecule has 0 fully saturated rings. The zero-order valence-electron chi connectivity index (χ0n) is 11.0. The number of nitrogens with one attached hydrogen (secondary N) is 2. The Morgan fingerprint density at radius 2 is 1.94 bits per heavy atom. The van der Waals surface area contributed by atoms with Crippen LogP contribution in [-0.4, -0.2) is 23.7 Å². The third kappa shape index (κ3) is 2.44. The number of aryl methyl sites for hydroxylation is 1. The SMILES string of the molecule is CNCC(C)(C)Nc1cn(C)c2ccccc12. The maximum Gasteiger partial charge on any atom is 0.0604 e.